The van der Waals surface area contributed by atoms with Gasteiger partial charge in [-0.15, -0.1) is 0 Å². The smallest absolute Gasteiger partial charge is 0.343 e. The molecule has 5 aromatic carbocycles. The van der Waals surface area contributed by atoms with E-state index < -0.39 is 35.8 Å². The molecular weight excluding hydrogens is 851 g/mol. The molecule has 0 unspecified atom stereocenters. The van der Waals surface area contributed by atoms with Gasteiger partial charge in [-0.3, -0.25) is 0 Å². The lowest BCUT2D eigenvalue weighted by Gasteiger charge is -2.12. The molecule has 66 heavy (non-hydrogen) atoms. The number of rotatable bonds is 24. The first-order chi connectivity index (χ1) is 32.0. The summed E-state index contributed by atoms with van der Waals surface area (Å²) in [5, 5.41) is 9.49. The summed E-state index contributed by atoms with van der Waals surface area (Å²) in [6.45, 7) is 8.22. The van der Waals surface area contributed by atoms with E-state index >= 15 is 0 Å². The molecule has 0 saturated carbocycles. The Morgan fingerprint density at radius 2 is 0.773 bits per heavy atom. The van der Waals surface area contributed by atoms with E-state index in [-0.39, 0.29) is 50.8 Å². The van der Waals surface area contributed by atoms with Crippen LogP contribution in [0.2, 0.25) is 0 Å². The molecule has 0 bridgehead atoms. The van der Waals surface area contributed by atoms with Crippen molar-refractivity contribution in [1.29, 1.82) is 5.26 Å². The summed E-state index contributed by atoms with van der Waals surface area (Å²) in [5.74, 6) is -2.74. The van der Waals surface area contributed by atoms with Crippen LogP contribution in [0.1, 0.15) is 85.5 Å². The number of nitriles is 1. The van der Waals surface area contributed by atoms with E-state index in [2.05, 4.69) is 13.2 Å². The monoisotopic (exact) mass is 895 g/mol. The zero-order valence-electron chi connectivity index (χ0n) is 35.8. The predicted molar refractivity (Wildman–Crippen MR) is 238 cm³/mol. The number of unbranched alkanes of at least 4 members (excludes halogenated alkanes) is 4. The maximum atomic E-state index is 13.2. The Morgan fingerprint density at radius 1 is 0.424 bits per heavy atom. The lowest BCUT2D eigenvalue weighted by molar-refractivity contribution is -0.138. The van der Waals surface area contributed by atoms with Crippen LogP contribution in [0.5, 0.6) is 34.5 Å². The topological polar surface area (TPSA) is 200 Å². The molecule has 0 radical (unpaired) electrons. The second-order valence-corrected chi connectivity index (χ2v) is 14.0. The van der Waals surface area contributed by atoms with Gasteiger partial charge in [0.2, 0.25) is 0 Å². The van der Waals surface area contributed by atoms with Gasteiger partial charge in [0.05, 0.1) is 60.3 Å². The number of esters is 6. The van der Waals surface area contributed by atoms with Gasteiger partial charge in [-0.1, -0.05) is 13.2 Å². The molecule has 5 aromatic rings. The molecule has 0 aromatic heterocycles. The highest BCUT2D eigenvalue weighted by molar-refractivity contribution is 5.95. The fourth-order valence-corrected chi connectivity index (χ4v) is 5.69. The van der Waals surface area contributed by atoms with Crippen molar-refractivity contribution in [3.05, 3.63) is 168 Å². The number of nitrogens with zero attached hydrogens (tertiary/aromatic N) is 1. The van der Waals surface area contributed by atoms with Crippen LogP contribution in [0.4, 0.5) is 0 Å². The lowest BCUT2D eigenvalue weighted by atomic mass is 10.2. The molecule has 0 aliphatic heterocycles. The lowest BCUT2D eigenvalue weighted by Crippen LogP contribution is -2.13. The Labute approximate surface area is 380 Å². The molecule has 0 aliphatic rings. The molecule has 15 nitrogen and oxygen atoms in total. The van der Waals surface area contributed by atoms with Gasteiger partial charge in [-0.05, 0) is 148 Å². The fraction of sp³-hybridized carbons (Fsp3) is 0.196. The van der Waals surface area contributed by atoms with Gasteiger partial charge in [-0.2, -0.15) is 5.26 Å². The largest absolute Gasteiger partial charge is 0.494 e. The van der Waals surface area contributed by atoms with Crippen LogP contribution in [0.3, 0.4) is 0 Å². The minimum Gasteiger partial charge on any atom is -0.494 e. The van der Waals surface area contributed by atoms with Gasteiger partial charge in [0.1, 0.15) is 23.0 Å². The maximum Gasteiger partial charge on any atom is 0.343 e. The Balaban J connectivity index is 1.07. The van der Waals surface area contributed by atoms with Crippen LogP contribution in [-0.4, -0.2) is 62.2 Å². The summed E-state index contributed by atoms with van der Waals surface area (Å²) in [7, 11) is 0. The highest BCUT2D eigenvalue weighted by atomic mass is 16.6. The molecule has 0 atom stereocenters. The molecule has 0 N–H and O–H groups in total. The van der Waals surface area contributed by atoms with Gasteiger partial charge < -0.3 is 37.9 Å². The molecule has 15 heteroatoms. The summed E-state index contributed by atoms with van der Waals surface area (Å²) < 4.78 is 43.3. The maximum absolute atomic E-state index is 13.2. The van der Waals surface area contributed by atoms with Gasteiger partial charge in [-0.25, -0.2) is 28.8 Å². The summed E-state index contributed by atoms with van der Waals surface area (Å²) in [6.07, 6.45) is 6.75. The number of ether oxygens (including phenoxy) is 8. The van der Waals surface area contributed by atoms with Crippen LogP contribution < -0.4 is 28.4 Å². The average Bonchev–Trinajstić information content (AvgIpc) is 3.34. The Bertz CT molecular complexity index is 2520. The summed E-state index contributed by atoms with van der Waals surface area (Å²) >= 11 is 0. The van der Waals surface area contributed by atoms with E-state index in [0.29, 0.717) is 50.8 Å². The standard InChI is InChI=1S/C51H45NO14/c1-3-46(53)61-31-9-5-7-29-59-40-20-12-36(13-21-40)48(55)63-42-24-16-38(17-25-42)50(57)65-44-28-11-35(34-52)33-45(44)66-51(58)39-18-26-43(27-19-39)64-49(56)37-14-22-41(23-15-37)60-30-8-6-10-32-62-47(54)4-2/h3-4,11-28,33H,1-2,5-10,29-32H2. The second kappa shape index (κ2) is 25.6. The summed E-state index contributed by atoms with van der Waals surface area (Å²) in [6, 6.07) is 29.9. The van der Waals surface area contributed by atoms with Crippen molar-refractivity contribution >= 4 is 35.8 Å². The van der Waals surface area contributed by atoms with Crippen molar-refractivity contribution in [2.75, 3.05) is 26.4 Å². The third kappa shape index (κ3) is 15.7. The van der Waals surface area contributed by atoms with Crippen molar-refractivity contribution in [3.63, 3.8) is 0 Å². The van der Waals surface area contributed by atoms with E-state index in [9.17, 15) is 34.0 Å². The SMILES string of the molecule is C=CC(=O)OCCCCCOc1ccc(C(=O)Oc2ccc(C(=O)Oc3ccc(C#N)cc3OC(=O)c3ccc(OC(=O)c4ccc(OCCCCCOC(=O)C=C)cc4)cc3)cc2)cc1. The average molecular weight is 896 g/mol. The first-order valence-corrected chi connectivity index (χ1v) is 20.7. The third-order valence-electron chi connectivity index (χ3n) is 9.20. The normalized spacial score (nSPS) is 10.3. The van der Waals surface area contributed by atoms with Gasteiger partial charge in [0, 0.05) is 18.2 Å². The Hall–Kier alpha value is -8.51. The number of carbonyl (C=O) groups is 6. The predicted octanol–water partition coefficient (Wildman–Crippen LogP) is 8.99. The minimum absolute atomic E-state index is 0.0668. The van der Waals surface area contributed by atoms with Gasteiger partial charge in [0.15, 0.2) is 11.5 Å². The molecule has 0 saturated heterocycles. The van der Waals surface area contributed by atoms with E-state index in [4.69, 9.17) is 37.9 Å². The van der Waals surface area contributed by atoms with E-state index in [1.807, 2.05) is 6.07 Å². The van der Waals surface area contributed by atoms with E-state index in [1.165, 1.54) is 66.7 Å². The van der Waals surface area contributed by atoms with Crippen LogP contribution in [-0.2, 0) is 19.1 Å². The zero-order valence-corrected chi connectivity index (χ0v) is 35.8. The minimum atomic E-state index is -0.849. The number of benzene rings is 5. The van der Waals surface area contributed by atoms with Crippen molar-refractivity contribution < 1.29 is 66.7 Å². The van der Waals surface area contributed by atoms with E-state index in [0.717, 1.165) is 37.8 Å². The highest BCUT2D eigenvalue weighted by Crippen LogP contribution is 2.31. The van der Waals surface area contributed by atoms with Crippen LogP contribution in [0.15, 0.2) is 141 Å². The zero-order chi connectivity index (χ0) is 47.1. The van der Waals surface area contributed by atoms with Crippen molar-refractivity contribution in [3.8, 4) is 40.6 Å². The van der Waals surface area contributed by atoms with Crippen molar-refractivity contribution in [2.45, 2.75) is 38.5 Å². The quantitative estimate of drug-likeness (QED) is 0.0246. The molecule has 0 aliphatic carbocycles. The first kappa shape index (κ1) is 48.5. The molecule has 0 amide bonds. The highest BCUT2D eigenvalue weighted by Gasteiger charge is 2.19. The summed E-state index contributed by atoms with van der Waals surface area (Å²) in [5.41, 5.74) is 0.821. The number of hydrogen-bond donors (Lipinski definition) is 0. The molecule has 338 valence electrons. The Morgan fingerprint density at radius 3 is 1.15 bits per heavy atom. The second-order valence-electron chi connectivity index (χ2n) is 14.0. The third-order valence-corrected chi connectivity index (χ3v) is 9.20. The van der Waals surface area contributed by atoms with Crippen LogP contribution >= 0.6 is 0 Å². The molecule has 0 heterocycles. The van der Waals surface area contributed by atoms with Gasteiger partial charge >= 0.3 is 35.8 Å². The summed E-state index contributed by atoms with van der Waals surface area (Å²) in [4.78, 5) is 74.1. The van der Waals surface area contributed by atoms with Crippen LogP contribution in [0.25, 0.3) is 0 Å². The fourth-order valence-electron chi connectivity index (χ4n) is 5.69. The molecule has 5 rings (SSSR count). The van der Waals surface area contributed by atoms with Gasteiger partial charge in [0.25, 0.3) is 0 Å². The molecular formula is C51H45NO14. The molecule has 0 spiro atoms. The van der Waals surface area contributed by atoms with E-state index in [1.54, 1.807) is 48.5 Å². The number of carbonyl (C=O) groups excluding carboxylic acids is 6. The van der Waals surface area contributed by atoms with Crippen LogP contribution in [0, 0.1) is 11.3 Å². The first-order valence-electron chi connectivity index (χ1n) is 20.7. The molecule has 0 fully saturated rings. The van der Waals surface area contributed by atoms with Crippen molar-refractivity contribution in [2.24, 2.45) is 0 Å². The number of hydrogen-bond acceptors (Lipinski definition) is 15. The van der Waals surface area contributed by atoms with Crippen molar-refractivity contribution in [1.82, 2.24) is 0 Å². The Kier molecular flexibility index (Phi) is 18.8.